The number of nitrogen functional groups attached to an aromatic ring is 1. The summed E-state index contributed by atoms with van der Waals surface area (Å²) >= 11 is 0. The molecule has 3 heterocycles. The van der Waals surface area contributed by atoms with E-state index in [1.54, 1.807) is 0 Å². The van der Waals surface area contributed by atoms with Gasteiger partial charge in [0.05, 0.1) is 12.9 Å². The Morgan fingerprint density at radius 3 is 2.85 bits per heavy atom. The molecule has 2 aromatic heterocycles. The molecule has 6 N–H and O–H groups in total. The number of rotatable bonds is 2. The zero-order chi connectivity index (χ0) is 14.4. The first-order valence-corrected chi connectivity index (χ1v) is 5.88. The minimum atomic E-state index is -1.33. The maximum atomic E-state index is 11.6. The highest BCUT2D eigenvalue weighted by Gasteiger charge is 2.44. The number of imidazole rings is 1. The molecule has 1 fully saturated rings. The summed E-state index contributed by atoms with van der Waals surface area (Å²) in [4.78, 5) is 21.8. The zero-order valence-electron chi connectivity index (χ0n) is 10.2. The average Bonchev–Trinajstić information content (AvgIpc) is 2.90. The number of H-pyrrole nitrogens is 1. The number of nitrogens with two attached hydrogens (primary N) is 1. The van der Waals surface area contributed by atoms with E-state index in [-0.39, 0.29) is 17.1 Å². The van der Waals surface area contributed by atoms with Crippen LogP contribution in [0.3, 0.4) is 0 Å². The maximum absolute atomic E-state index is 11.6. The monoisotopic (exact) mass is 283 g/mol. The third-order valence-electron chi connectivity index (χ3n) is 3.28. The minimum absolute atomic E-state index is 0.00254. The van der Waals surface area contributed by atoms with Crippen LogP contribution in [-0.2, 0) is 4.74 Å². The molecule has 1 saturated heterocycles. The third kappa shape index (κ3) is 1.70. The van der Waals surface area contributed by atoms with Gasteiger partial charge in [-0.15, -0.1) is 0 Å². The second kappa shape index (κ2) is 4.52. The molecule has 10 heteroatoms. The second-order valence-electron chi connectivity index (χ2n) is 4.47. The molecule has 10 nitrogen and oxygen atoms in total. The van der Waals surface area contributed by atoms with Gasteiger partial charge in [0.15, 0.2) is 17.4 Å². The number of aromatic amines is 1. The Kier molecular flexibility index (Phi) is 2.94. The molecule has 0 aliphatic carbocycles. The van der Waals surface area contributed by atoms with Crippen LogP contribution in [0.15, 0.2) is 11.1 Å². The van der Waals surface area contributed by atoms with E-state index in [0.717, 1.165) is 0 Å². The van der Waals surface area contributed by atoms with Gasteiger partial charge in [-0.25, -0.2) is 9.97 Å². The van der Waals surface area contributed by atoms with E-state index in [1.165, 1.54) is 10.9 Å². The molecule has 0 amide bonds. The van der Waals surface area contributed by atoms with Crippen LogP contribution >= 0.6 is 0 Å². The molecule has 0 aromatic carbocycles. The quantitative estimate of drug-likeness (QED) is 0.398. The van der Waals surface area contributed by atoms with Gasteiger partial charge in [0.1, 0.15) is 18.3 Å². The number of nitrogens with one attached hydrogen (secondary N) is 1. The predicted octanol–water partition coefficient (Wildman–Crippen LogP) is -2.69. The molecule has 0 radical (unpaired) electrons. The third-order valence-corrected chi connectivity index (χ3v) is 3.28. The minimum Gasteiger partial charge on any atom is -0.394 e. The highest BCUT2D eigenvalue weighted by molar-refractivity contribution is 5.72. The van der Waals surface area contributed by atoms with E-state index >= 15 is 0 Å². The summed E-state index contributed by atoms with van der Waals surface area (Å²) in [6.45, 7) is -0.463. The Hall–Kier alpha value is -2.01. The number of nitrogens with zero attached hydrogens (tertiary/aromatic N) is 3. The Bertz CT molecular complexity index is 697. The van der Waals surface area contributed by atoms with Gasteiger partial charge in [0.2, 0.25) is 5.95 Å². The number of aliphatic hydroxyl groups excluding tert-OH is 3. The Balaban J connectivity index is 2.14. The van der Waals surface area contributed by atoms with Crippen LogP contribution in [-0.4, -0.2) is 59.8 Å². The van der Waals surface area contributed by atoms with Gasteiger partial charge in [-0.1, -0.05) is 0 Å². The lowest BCUT2D eigenvalue weighted by Gasteiger charge is -2.17. The van der Waals surface area contributed by atoms with Crippen molar-refractivity contribution in [2.45, 2.75) is 24.5 Å². The van der Waals surface area contributed by atoms with Crippen LogP contribution in [0.2, 0.25) is 0 Å². The standard InChI is InChI=1S/C10H13N5O5/c11-10-14-4-7(12-2-13-8(4)19)15(10)9-6(18)5(17)3(1-16)20-9/h2-3,5-6,9,16-18H,1H2,(H2,11,14)(H,12,13,19)/t3-,5+,6?,9-/m1/s1. The van der Waals surface area contributed by atoms with Crippen molar-refractivity contribution in [1.82, 2.24) is 19.5 Å². The normalized spacial score (nSPS) is 30.1. The molecular formula is C10H13N5O5. The van der Waals surface area contributed by atoms with Crippen LogP contribution in [0.25, 0.3) is 11.2 Å². The molecule has 3 rings (SSSR count). The van der Waals surface area contributed by atoms with Gasteiger partial charge < -0.3 is 30.8 Å². The summed E-state index contributed by atoms with van der Waals surface area (Å²) < 4.78 is 6.57. The van der Waals surface area contributed by atoms with Crippen molar-refractivity contribution in [2.24, 2.45) is 0 Å². The molecule has 4 atom stereocenters. The first kappa shape index (κ1) is 13.0. The molecule has 0 bridgehead atoms. The summed E-state index contributed by atoms with van der Waals surface area (Å²) in [7, 11) is 0. The maximum Gasteiger partial charge on any atom is 0.278 e. The number of hydrogen-bond acceptors (Lipinski definition) is 8. The number of ether oxygens (including phenoxy) is 1. The van der Waals surface area contributed by atoms with Gasteiger partial charge in [-0.2, -0.15) is 0 Å². The largest absolute Gasteiger partial charge is 0.394 e. The molecule has 1 aliphatic heterocycles. The van der Waals surface area contributed by atoms with E-state index < -0.39 is 36.7 Å². The van der Waals surface area contributed by atoms with Gasteiger partial charge in [-0.05, 0) is 0 Å². The number of fused-ring (bicyclic) bond motifs is 1. The van der Waals surface area contributed by atoms with Crippen molar-refractivity contribution in [2.75, 3.05) is 12.3 Å². The van der Waals surface area contributed by atoms with Crippen LogP contribution < -0.4 is 11.3 Å². The van der Waals surface area contributed by atoms with Crippen molar-refractivity contribution in [3.8, 4) is 0 Å². The number of aliphatic hydroxyl groups is 3. The summed E-state index contributed by atoms with van der Waals surface area (Å²) in [6.07, 6.45) is -3.46. The lowest BCUT2D eigenvalue weighted by molar-refractivity contribution is -0.0500. The smallest absolute Gasteiger partial charge is 0.278 e. The van der Waals surface area contributed by atoms with Crippen molar-refractivity contribution < 1.29 is 20.1 Å². The second-order valence-corrected chi connectivity index (χ2v) is 4.47. The molecule has 0 spiro atoms. The number of hydrogen-bond donors (Lipinski definition) is 5. The van der Waals surface area contributed by atoms with E-state index in [4.69, 9.17) is 15.6 Å². The highest BCUT2D eigenvalue weighted by Crippen LogP contribution is 2.32. The summed E-state index contributed by atoms with van der Waals surface area (Å²) in [5.41, 5.74) is 5.37. The summed E-state index contributed by atoms with van der Waals surface area (Å²) in [5.74, 6) is -0.0842. The van der Waals surface area contributed by atoms with Crippen molar-refractivity contribution in [3.05, 3.63) is 16.7 Å². The van der Waals surface area contributed by atoms with Gasteiger partial charge in [-0.3, -0.25) is 9.36 Å². The first-order chi connectivity index (χ1) is 9.54. The van der Waals surface area contributed by atoms with Gasteiger partial charge >= 0.3 is 0 Å². The van der Waals surface area contributed by atoms with Gasteiger partial charge in [0, 0.05) is 0 Å². The molecule has 108 valence electrons. The summed E-state index contributed by atoms with van der Waals surface area (Å²) in [5, 5.41) is 28.8. The van der Waals surface area contributed by atoms with Crippen molar-refractivity contribution >= 4 is 17.1 Å². The predicted molar refractivity (Wildman–Crippen MR) is 65.6 cm³/mol. The van der Waals surface area contributed by atoms with E-state index in [9.17, 15) is 15.0 Å². The topological polar surface area (TPSA) is 160 Å². The molecule has 2 aromatic rings. The van der Waals surface area contributed by atoms with E-state index in [1.807, 2.05) is 0 Å². The Morgan fingerprint density at radius 1 is 1.45 bits per heavy atom. The van der Waals surface area contributed by atoms with Crippen molar-refractivity contribution in [1.29, 1.82) is 0 Å². The summed E-state index contributed by atoms with van der Waals surface area (Å²) in [6, 6.07) is 0. The molecule has 20 heavy (non-hydrogen) atoms. The lowest BCUT2D eigenvalue weighted by atomic mass is 10.1. The van der Waals surface area contributed by atoms with Crippen LogP contribution in [0.1, 0.15) is 6.23 Å². The van der Waals surface area contributed by atoms with E-state index in [0.29, 0.717) is 0 Å². The molecule has 0 saturated carbocycles. The average molecular weight is 283 g/mol. The Labute approximate surface area is 111 Å². The van der Waals surface area contributed by atoms with Gasteiger partial charge in [0.25, 0.3) is 5.56 Å². The van der Waals surface area contributed by atoms with E-state index in [2.05, 4.69) is 15.0 Å². The highest BCUT2D eigenvalue weighted by atomic mass is 16.6. The molecular weight excluding hydrogens is 270 g/mol. The number of aromatic nitrogens is 4. The first-order valence-electron chi connectivity index (χ1n) is 5.88. The van der Waals surface area contributed by atoms with Crippen LogP contribution in [0.5, 0.6) is 0 Å². The Morgan fingerprint density at radius 2 is 2.20 bits per heavy atom. The van der Waals surface area contributed by atoms with Crippen LogP contribution in [0, 0.1) is 0 Å². The fourth-order valence-electron chi connectivity index (χ4n) is 2.28. The molecule has 1 aliphatic rings. The fourth-order valence-corrected chi connectivity index (χ4v) is 2.28. The molecule has 1 unspecified atom stereocenters. The number of anilines is 1. The van der Waals surface area contributed by atoms with Crippen LogP contribution in [0.4, 0.5) is 5.95 Å². The lowest BCUT2D eigenvalue weighted by Crippen LogP contribution is -2.33. The zero-order valence-corrected chi connectivity index (χ0v) is 10.2. The SMILES string of the molecule is Nc1nc2c(=O)[nH]cnc2n1[C@@H]1O[C@H](CO)[C@H](O)C1O. The van der Waals surface area contributed by atoms with Crippen molar-refractivity contribution in [3.63, 3.8) is 0 Å². The fraction of sp³-hybridized carbons (Fsp3) is 0.500.